The first-order valence-electron chi connectivity index (χ1n) is 9.36. The number of piperidine rings is 1. The highest BCUT2D eigenvalue weighted by molar-refractivity contribution is 7.92. The molecule has 0 spiro atoms. The van der Waals surface area contributed by atoms with E-state index in [0.29, 0.717) is 43.2 Å². The van der Waals surface area contributed by atoms with Crippen molar-refractivity contribution in [3.05, 3.63) is 48.5 Å². The molecular formula is C21H25NO6S. The summed E-state index contributed by atoms with van der Waals surface area (Å²) in [5.41, 5.74) is 0. The molecule has 8 heteroatoms. The molecule has 1 amide bonds. The summed E-state index contributed by atoms with van der Waals surface area (Å²) in [5, 5.41) is -0.498. The van der Waals surface area contributed by atoms with E-state index in [4.69, 9.17) is 14.2 Å². The van der Waals surface area contributed by atoms with Crippen molar-refractivity contribution in [3.8, 4) is 17.2 Å². The summed E-state index contributed by atoms with van der Waals surface area (Å²) < 4.78 is 41.4. The predicted molar refractivity (Wildman–Crippen MR) is 108 cm³/mol. The van der Waals surface area contributed by atoms with E-state index in [1.165, 1.54) is 7.11 Å². The number of methoxy groups -OCH3 is 2. The number of hydrogen-bond donors (Lipinski definition) is 0. The van der Waals surface area contributed by atoms with Crippen LogP contribution in [0.2, 0.25) is 0 Å². The van der Waals surface area contributed by atoms with E-state index in [0.717, 1.165) is 0 Å². The van der Waals surface area contributed by atoms with Gasteiger partial charge in [-0.1, -0.05) is 0 Å². The lowest BCUT2D eigenvalue weighted by molar-refractivity contribution is -0.134. The molecule has 0 aromatic heterocycles. The van der Waals surface area contributed by atoms with Gasteiger partial charge in [-0.2, -0.15) is 0 Å². The molecule has 3 rings (SSSR count). The van der Waals surface area contributed by atoms with Crippen LogP contribution in [0.5, 0.6) is 17.2 Å². The van der Waals surface area contributed by atoms with E-state index in [2.05, 4.69) is 0 Å². The minimum Gasteiger partial charge on any atom is -0.497 e. The van der Waals surface area contributed by atoms with Gasteiger partial charge in [0.25, 0.3) is 5.91 Å². The molecule has 2 aromatic carbocycles. The molecule has 0 bridgehead atoms. The van der Waals surface area contributed by atoms with Gasteiger partial charge in [0, 0.05) is 13.1 Å². The summed E-state index contributed by atoms with van der Waals surface area (Å²) >= 11 is 0. The van der Waals surface area contributed by atoms with Crippen LogP contribution in [0.1, 0.15) is 12.8 Å². The molecule has 1 heterocycles. The van der Waals surface area contributed by atoms with E-state index in [-0.39, 0.29) is 17.4 Å². The average molecular weight is 419 g/mol. The Morgan fingerprint density at radius 3 is 1.90 bits per heavy atom. The quantitative estimate of drug-likeness (QED) is 0.686. The standard InChI is InChI=1S/C21H25NO6S/c1-26-16-3-5-18(6-4-16)28-15-21(23)22-13-11-20(12-14-22)29(24,25)19-9-7-17(27-2)8-10-19/h3-10,20H,11-15H2,1-2H3. The van der Waals surface area contributed by atoms with Crippen molar-refractivity contribution in [1.29, 1.82) is 0 Å². The molecule has 1 saturated heterocycles. The number of nitrogens with zero attached hydrogens (tertiary/aromatic N) is 1. The Morgan fingerprint density at radius 1 is 0.897 bits per heavy atom. The Morgan fingerprint density at radius 2 is 1.38 bits per heavy atom. The SMILES string of the molecule is COc1ccc(OCC(=O)N2CCC(S(=O)(=O)c3ccc(OC)cc3)CC2)cc1. The number of rotatable bonds is 7. The monoisotopic (exact) mass is 419 g/mol. The van der Waals surface area contributed by atoms with Crippen LogP contribution < -0.4 is 14.2 Å². The highest BCUT2D eigenvalue weighted by Gasteiger charge is 2.32. The number of carbonyl (C=O) groups is 1. The van der Waals surface area contributed by atoms with Crippen molar-refractivity contribution >= 4 is 15.7 Å². The van der Waals surface area contributed by atoms with E-state index in [1.807, 2.05) is 0 Å². The summed E-state index contributed by atoms with van der Waals surface area (Å²) in [6.07, 6.45) is 0.811. The Kier molecular flexibility index (Phi) is 6.64. The molecule has 156 valence electrons. The van der Waals surface area contributed by atoms with Crippen molar-refractivity contribution in [3.63, 3.8) is 0 Å². The van der Waals surface area contributed by atoms with E-state index < -0.39 is 15.1 Å². The van der Waals surface area contributed by atoms with Crippen molar-refractivity contribution in [2.45, 2.75) is 23.0 Å². The Bertz CT molecular complexity index is 917. The normalized spacial score (nSPS) is 15.0. The smallest absolute Gasteiger partial charge is 0.260 e. The van der Waals surface area contributed by atoms with E-state index in [9.17, 15) is 13.2 Å². The average Bonchev–Trinajstić information content (AvgIpc) is 2.78. The number of benzene rings is 2. The van der Waals surface area contributed by atoms with Crippen LogP contribution in [0.25, 0.3) is 0 Å². The first-order chi connectivity index (χ1) is 13.9. The van der Waals surface area contributed by atoms with Gasteiger partial charge in [-0.3, -0.25) is 4.79 Å². The van der Waals surface area contributed by atoms with Crippen LogP contribution in [0.4, 0.5) is 0 Å². The zero-order chi connectivity index (χ0) is 20.9. The van der Waals surface area contributed by atoms with Crippen LogP contribution in [0.15, 0.2) is 53.4 Å². The molecule has 0 N–H and O–H groups in total. The van der Waals surface area contributed by atoms with Crippen molar-refractivity contribution in [2.24, 2.45) is 0 Å². The highest BCUT2D eigenvalue weighted by atomic mass is 32.2. The second-order valence-corrected chi connectivity index (χ2v) is 8.99. The van der Waals surface area contributed by atoms with Gasteiger partial charge in [0.2, 0.25) is 0 Å². The molecule has 29 heavy (non-hydrogen) atoms. The van der Waals surface area contributed by atoms with Crippen LogP contribution in [0.3, 0.4) is 0 Å². The van der Waals surface area contributed by atoms with Crippen LogP contribution >= 0.6 is 0 Å². The minimum atomic E-state index is -3.43. The summed E-state index contributed by atoms with van der Waals surface area (Å²) in [7, 11) is -0.317. The molecule has 0 saturated carbocycles. The van der Waals surface area contributed by atoms with Gasteiger partial charge >= 0.3 is 0 Å². The van der Waals surface area contributed by atoms with Crippen molar-refractivity contribution < 1.29 is 27.4 Å². The first kappa shape index (κ1) is 21.0. The van der Waals surface area contributed by atoms with Gasteiger partial charge in [-0.15, -0.1) is 0 Å². The molecule has 0 atom stereocenters. The number of amides is 1. The van der Waals surface area contributed by atoms with Crippen LogP contribution in [-0.2, 0) is 14.6 Å². The third-order valence-corrected chi connectivity index (χ3v) is 7.32. The summed E-state index contributed by atoms with van der Waals surface area (Å²) in [6, 6.07) is 13.4. The van der Waals surface area contributed by atoms with Crippen molar-refractivity contribution in [1.82, 2.24) is 4.90 Å². The minimum absolute atomic E-state index is 0.0811. The van der Waals surface area contributed by atoms with Crippen molar-refractivity contribution in [2.75, 3.05) is 33.9 Å². The largest absolute Gasteiger partial charge is 0.497 e. The van der Waals surface area contributed by atoms with Gasteiger partial charge < -0.3 is 19.1 Å². The first-order valence-corrected chi connectivity index (χ1v) is 10.9. The molecule has 0 radical (unpaired) electrons. The van der Waals surface area contributed by atoms with E-state index >= 15 is 0 Å². The fraction of sp³-hybridized carbons (Fsp3) is 0.381. The van der Waals surface area contributed by atoms with Gasteiger partial charge in [0.05, 0.1) is 24.4 Å². The number of carbonyl (C=O) groups excluding carboxylic acids is 1. The molecule has 1 aliphatic rings. The third kappa shape index (κ3) is 5.00. The summed E-state index contributed by atoms with van der Waals surface area (Å²) in [6.45, 7) is 0.706. The fourth-order valence-corrected chi connectivity index (χ4v) is 5.01. The van der Waals surface area contributed by atoms with Crippen LogP contribution in [0, 0.1) is 0 Å². The second-order valence-electron chi connectivity index (χ2n) is 6.76. The number of hydrogen-bond acceptors (Lipinski definition) is 6. The number of likely N-dealkylation sites (tertiary alicyclic amines) is 1. The predicted octanol–water partition coefficient (Wildman–Crippen LogP) is 2.55. The maximum absolute atomic E-state index is 12.8. The fourth-order valence-electron chi connectivity index (χ4n) is 3.28. The number of sulfone groups is 1. The Hall–Kier alpha value is -2.74. The summed E-state index contributed by atoms with van der Waals surface area (Å²) in [4.78, 5) is 14.3. The molecule has 1 fully saturated rings. The highest BCUT2D eigenvalue weighted by Crippen LogP contribution is 2.26. The maximum atomic E-state index is 12.8. The van der Waals surface area contributed by atoms with Gasteiger partial charge in [-0.25, -0.2) is 8.42 Å². The lowest BCUT2D eigenvalue weighted by Gasteiger charge is -2.31. The molecule has 1 aliphatic heterocycles. The summed E-state index contributed by atoms with van der Waals surface area (Å²) in [5.74, 6) is 1.75. The lowest BCUT2D eigenvalue weighted by Crippen LogP contribution is -2.44. The van der Waals surface area contributed by atoms with E-state index in [1.54, 1.807) is 60.5 Å². The van der Waals surface area contributed by atoms with Gasteiger partial charge in [0.1, 0.15) is 17.2 Å². The second kappa shape index (κ2) is 9.17. The zero-order valence-electron chi connectivity index (χ0n) is 16.5. The van der Waals surface area contributed by atoms with Crippen LogP contribution in [-0.4, -0.2) is 58.4 Å². The molecular weight excluding hydrogens is 394 g/mol. The molecule has 7 nitrogen and oxygen atoms in total. The molecule has 2 aromatic rings. The Labute approximate surface area is 171 Å². The lowest BCUT2D eigenvalue weighted by atomic mass is 10.1. The topological polar surface area (TPSA) is 82.1 Å². The molecule has 0 aliphatic carbocycles. The Balaban J connectivity index is 1.52. The molecule has 0 unspecified atom stereocenters. The van der Waals surface area contributed by atoms with Gasteiger partial charge in [-0.05, 0) is 61.4 Å². The zero-order valence-corrected chi connectivity index (χ0v) is 17.4. The number of ether oxygens (including phenoxy) is 3. The third-order valence-electron chi connectivity index (χ3n) is 5.04. The maximum Gasteiger partial charge on any atom is 0.260 e. The van der Waals surface area contributed by atoms with Gasteiger partial charge in [0.15, 0.2) is 16.4 Å².